The van der Waals surface area contributed by atoms with Gasteiger partial charge in [0.15, 0.2) is 0 Å². The van der Waals surface area contributed by atoms with Gasteiger partial charge < -0.3 is 9.69 Å². The van der Waals surface area contributed by atoms with Crippen molar-refractivity contribution >= 4 is 6.29 Å². The molecular weight excluding hydrogens is 198 g/mol. The van der Waals surface area contributed by atoms with Crippen molar-refractivity contribution in [3.8, 4) is 0 Å². The lowest BCUT2D eigenvalue weighted by Gasteiger charge is -2.40. The van der Waals surface area contributed by atoms with Crippen LogP contribution in [-0.2, 0) is 4.79 Å². The maximum Gasteiger partial charge on any atom is 0.127 e. The van der Waals surface area contributed by atoms with E-state index in [0.717, 1.165) is 25.3 Å². The van der Waals surface area contributed by atoms with Crippen LogP contribution in [0.1, 0.15) is 51.9 Å². The van der Waals surface area contributed by atoms with Crippen molar-refractivity contribution in [2.45, 2.75) is 51.9 Å². The minimum atomic E-state index is 0.00382. The summed E-state index contributed by atoms with van der Waals surface area (Å²) < 4.78 is 0. The van der Waals surface area contributed by atoms with E-state index >= 15 is 0 Å². The standard InChI is InChI=1S/C14H25NO/c1-13-5-7-14(12-16,8-6-13)11-15-9-3-2-4-10-15/h12-13H,2-11H2,1H3. The number of carbonyl (C=O) groups excluding carboxylic acids is 1. The molecule has 2 nitrogen and oxygen atoms in total. The summed E-state index contributed by atoms with van der Waals surface area (Å²) in [4.78, 5) is 14.0. The van der Waals surface area contributed by atoms with Crippen LogP contribution in [0.2, 0.25) is 0 Å². The predicted molar refractivity (Wildman–Crippen MR) is 66.4 cm³/mol. The molecule has 16 heavy (non-hydrogen) atoms. The summed E-state index contributed by atoms with van der Waals surface area (Å²) in [5.74, 6) is 0.828. The van der Waals surface area contributed by atoms with Gasteiger partial charge in [0, 0.05) is 12.0 Å². The topological polar surface area (TPSA) is 20.3 Å². The van der Waals surface area contributed by atoms with Crippen molar-refractivity contribution in [2.24, 2.45) is 11.3 Å². The van der Waals surface area contributed by atoms with Gasteiger partial charge in [-0.05, 0) is 57.5 Å². The minimum Gasteiger partial charge on any atom is -0.303 e. The van der Waals surface area contributed by atoms with Crippen LogP contribution >= 0.6 is 0 Å². The molecule has 0 spiro atoms. The zero-order chi connectivity index (χ0) is 11.4. The van der Waals surface area contributed by atoms with E-state index in [0.29, 0.717) is 0 Å². The van der Waals surface area contributed by atoms with Crippen LogP contribution < -0.4 is 0 Å². The van der Waals surface area contributed by atoms with E-state index in [-0.39, 0.29) is 5.41 Å². The Morgan fingerprint density at radius 2 is 1.81 bits per heavy atom. The Hall–Kier alpha value is -0.370. The Labute approximate surface area is 99.4 Å². The number of likely N-dealkylation sites (tertiary alicyclic amines) is 1. The second-order valence-electron chi connectivity index (χ2n) is 6.00. The summed E-state index contributed by atoms with van der Waals surface area (Å²) in [5, 5.41) is 0. The highest BCUT2D eigenvalue weighted by atomic mass is 16.1. The number of nitrogens with zero attached hydrogens (tertiary/aromatic N) is 1. The van der Waals surface area contributed by atoms with Gasteiger partial charge in [0.1, 0.15) is 6.29 Å². The average Bonchev–Trinajstić information content (AvgIpc) is 2.34. The summed E-state index contributed by atoms with van der Waals surface area (Å²) in [6.07, 6.45) is 10.0. The first kappa shape index (κ1) is 12.1. The van der Waals surface area contributed by atoms with Gasteiger partial charge >= 0.3 is 0 Å². The fourth-order valence-electron chi connectivity index (χ4n) is 3.21. The Morgan fingerprint density at radius 1 is 1.19 bits per heavy atom. The van der Waals surface area contributed by atoms with Crippen molar-refractivity contribution in [1.29, 1.82) is 0 Å². The van der Waals surface area contributed by atoms with E-state index in [1.807, 2.05) is 0 Å². The zero-order valence-corrected chi connectivity index (χ0v) is 10.6. The van der Waals surface area contributed by atoms with Crippen molar-refractivity contribution in [1.82, 2.24) is 4.90 Å². The van der Waals surface area contributed by atoms with Gasteiger partial charge in [-0.3, -0.25) is 0 Å². The highest BCUT2D eigenvalue weighted by Gasteiger charge is 2.35. The highest BCUT2D eigenvalue weighted by Crippen LogP contribution is 2.38. The molecule has 0 bridgehead atoms. The molecule has 2 fully saturated rings. The van der Waals surface area contributed by atoms with Gasteiger partial charge in [0.05, 0.1) is 0 Å². The minimum absolute atomic E-state index is 0.00382. The summed E-state index contributed by atoms with van der Waals surface area (Å²) in [5.41, 5.74) is 0.00382. The second-order valence-corrected chi connectivity index (χ2v) is 6.00. The van der Waals surface area contributed by atoms with Crippen molar-refractivity contribution in [3.05, 3.63) is 0 Å². The van der Waals surface area contributed by atoms with Crippen LogP contribution in [-0.4, -0.2) is 30.8 Å². The van der Waals surface area contributed by atoms with Gasteiger partial charge in [0.25, 0.3) is 0 Å². The second kappa shape index (κ2) is 5.31. The maximum absolute atomic E-state index is 11.4. The lowest BCUT2D eigenvalue weighted by molar-refractivity contribution is -0.119. The molecule has 0 aromatic rings. The molecule has 0 atom stereocenters. The Kier molecular flexibility index (Phi) is 4.01. The van der Waals surface area contributed by atoms with Crippen LogP contribution in [0.15, 0.2) is 0 Å². The van der Waals surface area contributed by atoms with Gasteiger partial charge in [-0.1, -0.05) is 13.3 Å². The maximum atomic E-state index is 11.4. The Bertz CT molecular complexity index is 225. The molecule has 0 aromatic heterocycles. The molecule has 0 unspecified atom stereocenters. The highest BCUT2D eigenvalue weighted by molar-refractivity contribution is 5.60. The summed E-state index contributed by atoms with van der Waals surface area (Å²) in [7, 11) is 0. The third kappa shape index (κ3) is 2.85. The van der Waals surface area contributed by atoms with E-state index in [4.69, 9.17) is 0 Å². The number of aldehydes is 1. The first-order valence-corrected chi connectivity index (χ1v) is 6.93. The Morgan fingerprint density at radius 3 is 2.38 bits per heavy atom. The smallest absolute Gasteiger partial charge is 0.127 e. The molecular formula is C14H25NO. The zero-order valence-electron chi connectivity index (χ0n) is 10.6. The van der Waals surface area contributed by atoms with E-state index < -0.39 is 0 Å². The number of carbonyl (C=O) groups is 1. The van der Waals surface area contributed by atoms with Gasteiger partial charge in [-0.2, -0.15) is 0 Å². The molecule has 92 valence electrons. The molecule has 2 rings (SSSR count). The number of piperidine rings is 1. The van der Waals surface area contributed by atoms with Gasteiger partial charge in [0.2, 0.25) is 0 Å². The molecule has 0 amide bonds. The van der Waals surface area contributed by atoms with Crippen molar-refractivity contribution < 1.29 is 4.79 Å². The van der Waals surface area contributed by atoms with Crippen molar-refractivity contribution in [3.63, 3.8) is 0 Å². The van der Waals surface area contributed by atoms with Crippen LogP contribution in [0.5, 0.6) is 0 Å². The molecule has 2 aliphatic rings. The first-order chi connectivity index (χ1) is 7.74. The van der Waals surface area contributed by atoms with Gasteiger partial charge in [-0.15, -0.1) is 0 Å². The van der Waals surface area contributed by atoms with Gasteiger partial charge in [-0.25, -0.2) is 0 Å². The SMILES string of the molecule is CC1CCC(C=O)(CN2CCCCC2)CC1. The third-order valence-corrected chi connectivity index (χ3v) is 4.51. The lowest BCUT2D eigenvalue weighted by atomic mass is 9.71. The average molecular weight is 223 g/mol. The van der Waals surface area contributed by atoms with E-state index in [1.54, 1.807) is 0 Å². The molecule has 1 saturated carbocycles. The van der Waals surface area contributed by atoms with E-state index in [2.05, 4.69) is 11.8 Å². The van der Waals surface area contributed by atoms with Crippen LogP contribution in [0.4, 0.5) is 0 Å². The molecule has 1 heterocycles. The molecule has 2 heteroatoms. The van der Waals surface area contributed by atoms with E-state index in [9.17, 15) is 4.79 Å². The third-order valence-electron chi connectivity index (χ3n) is 4.51. The monoisotopic (exact) mass is 223 g/mol. The normalized spacial score (nSPS) is 37.2. The van der Waals surface area contributed by atoms with Crippen LogP contribution in [0, 0.1) is 11.3 Å². The molecule has 0 aromatic carbocycles. The molecule has 1 aliphatic carbocycles. The Balaban J connectivity index is 1.90. The largest absolute Gasteiger partial charge is 0.303 e. The van der Waals surface area contributed by atoms with Crippen molar-refractivity contribution in [2.75, 3.05) is 19.6 Å². The number of hydrogen-bond acceptors (Lipinski definition) is 2. The van der Waals surface area contributed by atoms with Crippen LogP contribution in [0.25, 0.3) is 0 Å². The molecule has 0 radical (unpaired) electrons. The first-order valence-electron chi connectivity index (χ1n) is 6.93. The fourth-order valence-corrected chi connectivity index (χ4v) is 3.21. The summed E-state index contributed by atoms with van der Waals surface area (Å²) >= 11 is 0. The lowest BCUT2D eigenvalue weighted by Crippen LogP contribution is -2.43. The fraction of sp³-hybridized carbons (Fsp3) is 0.929. The van der Waals surface area contributed by atoms with Crippen LogP contribution in [0.3, 0.4) is 0 Å². The molecule has 1 saturated heterocycles. The number of hydrogen-bond donors (Lipinski definition) is 0. The molecule has 1 aliphatic heterocycles. The number of rotatable bonds is 3. The quantitative estimate of drug-likeness (QED) is 0.686. The molecule has 0 N–H and O–H groups in total. The summed E-state index contributed by atoms with van der Waals surface area (Å²) in [6.45, 7) is 5.77. The summed E-state index contributed by atoms with van der Waals surface area (Å²) in [6, 6.07) is 0. The predicted octanol–water partition coefficient (Wildman–Crippen LogP) is 2.87. The van der Waals surface area contributed by atoms with E-state index in [1.165, 1.54) is 51.5 Å².